The molecular formula is C19H31FN4S. The largest absolute Gasteiger partial charge is 0.356 e. The molecule has 1 fully saturated rings. The second-order valence-corrected chi connectivity index (χ2v) is 7.42. The van der Waals surface area contributed by atoms with Crippen LogP contribution in [0, 0.1) is 11.7 Å². The highest BCUT2D eigenvalue weighted by Gasteiger charge is 2.18. The summed E-state index contributed by atoms with van der Waals surface area (Å²) in [4.78, 5) is 6.83. The number of nitrogens with one attached hydrogen (secondary N) is 2. The Hall–Kier alpha value is -1.27. The maximum atomic E-state index is 13.5. The van der Waals surface area contributed by atoms with Crippen LogP contribution in [-0.2, 0) is 12.3 Å². The predicted molar refractivity (Wildman–Crippen MR) is 107 cm³/mol. The Labute approximate surface area is 155 Å². The number of benzene rings is 1. The fourth-order valence-corrected chi connectivity index (χ4v) is 3.88. The van der Waals surface area contributed by atoms with Crippen molar-refractivity contribution in [3.63, 3.8) is 0 Å². The zero-order chi connectivity index (χ0) is 18.1. The molecule has 1 aliphatic rings. The number of thioether (sulfide) groups is 1. The van der Waals surface area contributed by atoms with Gasteiger partial charge in [0.25, 0.3) is 0 Å². The van der Waals surface area contributed by atoms with E-state index in [9.17, 15) is 4.39 Å². The number of guanidine groups is 1. The van der Waals surface area contributed by atoms with Gasteiger partial charge in [-0.3, -0.25) is 4.99 Å². The van der Waals surface area contributed by atoms with E-state index >= 15 is 0 Å². The summed E-state index contributed by atoms with van der Waals surface area (Å²) in [7, 11) is 1.79. The minimum Gasteiger partial charge on any atom is -0.356 e. The molecule has 0 radical (unpaired) electrons. The van der Waals surface area contributed by atoms with Crippen molar-refractivity contribution in [3.05, 3.63) is 35.1 Å². The van der Waals surface area contributed by atoms with Crippen molar-refractivity contribution in [2.75, 3.05) is 39.5 Å². The summed E-state index contributed by atoms with van der Waals surface area (Å²) < 4.78 is 13.5. The minimum atomic E-state index is -0.173. The predicted octanol–water partition coefficient (Wildman–Crippen LogP) is 3.09. The first-order valence-corrected chi connectivity index (χ1v) is 10.5. The van der Waals surface area contributed by atoms with Gasteiger partial charge in [-0.25, -0.2) is 4.39 Å². The van der Waals surface area contributed by atoms with Crippen LogP contribution in [0.3, 0.4) is 0 Å². The standard InChI is InChI=1S/C19H31FN4S/c1-4-24-9-5-6-15(13-24)11-22-19(21-2)23-12-16-7-8-18(20)10-17(16)14-25-3/h7-8,10,15H,4-6,9,11-14H2,1-3H3,(H2,21,22,23). The maximum Gasteiger partial charge on any atom is 0.191 e. The number of halogens is 1. The van der Waals surface area contributed by atoms with E-state index < -0.39 is 0 Å². The highest BCUT2D eigenvalue weighted by atomic mass is 32.2. The van der Waals surface area contributed by atoms with E-state index in [1.165, 1.54) is 25.5 Å². The average molecular weight is 367 g/mol. The summed E-state index contributed by atoms with van der Waals surface area (Å²) in [5.41, 5.74) is 2.16. The van der Waals surface area contributed by atoms with Crippen molar-refractivity contribution in [2.24, 2.45) is 10.9 Å². The third-order valence-electron chi connectivity index (χ3n) is 4.75. The van der Waals surface area contributed by atoms with Gasteiger partial charge in [-0.2, -0.15) is 11.8 Å². The van der Waals surface area contributed by atoms with Crippen LogP contribution in [0.4, 0.5) is 4.39 Å². The maximum absolute atomic E-state index is 13.5. The Morgan fingerprint density at radius 1 is 1.36 bits per heavy atom. The van der Waals surface area contributed by atoms with Crippen molar-refractivity contribution >= 4 is 17.7 Å². The lowest BCUT2D eigenvalue weighted by Gasteiger charge is -2.32. The molecule has 1 aromatic rings. The van der Waals surface area contributed by atoms with Gasteiger partial charge in [-0.1, -0.05) is 13.0 Å². The fourth-order valence-electron chi connectivity index (χ4n) is 3.30. The molecule has 6 heteroatoms. The van der Waals surface area contributed by atoms with E-state index in [-0.39, 0.29) is 5.82 Å². The van der Waals surface area contributed by atoms with Crippen molar-refractivity contribution in [1.29, 1.82) is 0 Å². The highest BCUT2D eigenvalue weighted by molar-refractivity contribution is 7.97. The van der Waals surface area contributed by atoms with Crippen molar-refractivity contribution in [1.82, 2.24) is 15.5 Å². The molecule has 2 rings (SSSR count). The van der Waals surface area contributed by atoms with Crippen LogP contribution >= 0.6 is 11.8 Å². The molecule has 25 heavy (non-hydrogen) atoms. The van der Waals surface area contributed by atoms with Gasteiger partial charge in [0.15, 0.2) is 5.96 Å². The van der Waals surface area contributed by atoms with E-state index in [0.717, 1.165) is 42.5 Å². The Morgan fingerprint density at radius 2 is 2.20 bits per heavy atom. The summed E-state index contributed by atoms with van der Waals surface area (Å²) in [6.45, 7) is 7.34. The normalized spacial score (nSPS) is 19.0. The van der Waals surface area contributed by atoms with Crippen LogP contribution in [0.5, 0.6) is 0 Å². The molecule has 1 unspecified atom stereocenters. The van der Waals surface area contributed by atoms with Crippen LogP contribution in [-0.4, -0.2) is 50.3 Å². The summed E-state index contributed by atoms with van der Waals surface area (Å²) in [6, 6.07) is 5.02. The van der Waals surface area contributed by atoms with Gasteiger partial charge in [0.2, 0.25) is 0 Å². The Morgan fingerprint density at radius 3 is 2.92 bits per heavy atom. The molecule has 2 N–H and O–H groups in total. The summed E-state index contributed by atoms with van der Waals surface area (Å²) in [5, 5.41) is 6.81. The van der Waals surface area contributed by atoms with Crippen molar-refractivity contribution < 1.29 is 4.39 Å². The molecule has 1 saturated heterocycles. The summed E-state index contributed by atoms with van der Waals surface area (Å²) in [5.74, 6) is 2.13. The van der Waals surface area contributed by atoms with Gasteiger partial charge in [-0.15, -0.1) is 0 Å². The molecule has 140 valence electrons. The van der Waals surface area contributed by atoms with E-state index in [0.29, 0.717) is 12.5 Å². The molecule has 0 bridgehead atoms. The van der Waals surface area contributed by atoms with Gasteiger partial charge < -0.3 is 15.5 Å². The Balaban J connectivity index is 1.84. The molecule has 1 aliphatic heterocycles. The number of nitrogens with zero attached hydrogens (tertiary/aromatic N) is 2. The van der Waals surface area contributed by atoms with Crippen LogP contribution in [0.2, 0.25) is 0 Å². The Kier molecular flexibility index (Phi) is 8.55. The molecule has 1 aromatic carbocycles. The van der Waals surface area contributed by atoms with E-state index in [4.69, 9.17) is 0 Å². The number of aliphatic imine (C=N–C) groups is 1. The molecular weight excluding hydrogens is 335 g/mol. The molecule has 0 aliphatic carbocycles. The molecule has 0 amide bonds. The number of likely N-dealkylation sites (tertiary alicyclic amines) is 1. The lowest BCUT2D eigenvalue weighted by atomic mass is 9.98. The van der Waals surface area contributed by atoms with Crippen molar-refractivity contribution in [2.45, 2.75) is 32.1 Å². The van der Waals surface area contributed by atoms with Crippen LogP contribution < -0.4 is 10.6 Å². The third-order valence-corrected chi connectivity index (χ3v) is 5.35. The smallest absolute Gasteiger partial charge is 0.191 e. The zero-order valence-electron chi connectivity index (χ0n) is 15.6. The number of hydrogen-bond acceptors (Lipinski definition) is 3. The summed E-state index contributed by atoms with van der Waals surface area (Å²) in [6.07, 6.45) is 4.59. The van der Waals surface area contributed by atoms with Gasteiger partial charge in [0.05, 0.1) is 0 Å². The molecule has 4 nitrogen and oxygen atoms in total. The third kappa shape index (κ3) is 6.51. The molecule has 0 spiro atoms. The van der Waals surface area contributed by atoms with E-state index in [1.54, 1.807) is 24.9 Å². The van der Waals surface area contributed by atoms with E-state index in [2.05, 4.69) is 27.4 Å². The number of hydrogen-bond donors (Lipinski definition) is 2. The first-order valence-electron chi connectivity index (χ1n) is 9.09. The lowest BCUT2D eigenvalue weighted by molar-refractivity contribution is 0.183. The fraction of sp³-hybridized carbons (Fsp3) is 0.632. The second kappa shape index (κ2) is 10.7. The SMILES string of the molecule is CCN1CCCC(CNC(=NC)NCc2ccc(F)cc2CSC)C1. The average Bonchev–Trinajstić information content (AvgIpc) is 2.63. The number of piperidine rings is 1. The monoisotopic (exact) mass is 366 g/mol. The number of rotatable bonds is 7. The molecule has 1 heterocycles. The molecule has 1 atom stereocenters. The lowest BCUT2D eigenvalue weighted by Crippen LogP contribution is -2.44. The van der Waals surface area contributed by atoms with Gasteiger partial charge in [0.1, 0.15) is 5.82 Å². The van der Waals surface area contributed by atoms with Gasteiger partial charge in [0, 0.05) is 32.4 Å². The van der Waals surface area contributed by atoms with Crippen LogP contribution in [0.1, 0.15) is 30.9 Å². The van der Waals surface area contributed by atoms with Gasteiger partial charge in [-0.05, 0) is 61.4 Å². The van der Waals surface area contributed by atoms with E-state index in [1.807, 2.05) is 12.3 Å². The van der Waals surface area contributed by atoms with Crippen molar-refractivity contribution in [3.8, 4) is 0 Å². The first-order chi connectivity index (χ1) is 12.2. The van der Waals surface area contributed by atoms with Crippen LogP contribution in [0.15, 0.2) is 23.2 Å². The molecule has 0 saturated carbocycles. The van der Waals surface area contributed by atoms with Gasteiger partial charge >= 0.3 is 0 Å². The quantitative estimate of drug-likeness (QED) is 0.575. The molecule has 0 aromatic heterocycles. The first kappa shape index (κ1) is 20.0. The highest BCUT2D eigenvalue weighted by Crippen LogP contribution is 2.17. The minimum absolute atomic E-state index is 0.173. The topological polar surface area (TPSA) is 39.7 Å². The second-order valence-electron chi connectivity index (χ2n) is 6.55. The van der Waals surface area contributed by atoms with Crippen LogP contribution in [0.25, 0.3) is 0 Å². The zero-order valence-corrected chi connectivity index (χ0v) is 16.5. The summed E-state index contributed by atoms with van der Waals surface area (Å²) >= 11 is 1.70. The Bertz CT molecular complexity index is 564.